The molecule has 0 saturated carbocycles. The number of nitrogens with zero attached hydrogens (tertiary/aromatic N) is 1. The first-order valence-corrected chi connectivity index (χ1v) is 7.61. The van der Waals surface area contributed by atoms with Gasteiger partial charge in [0, 0.05) is 18.0 Å². The predicted molar refractivity (Wildman–Crippen MR) is 85.1 cm³/mol. The second-order valence-corrected chi connectivity index (χ2v) is 5.99. The van der Waals surface area contributed by atoms with Crippen LogP contribution in [-0.2, 0) is 6.54 Å². The summed E-state index contributed by atoms with van der Waals surface area (Å²) in [5.41, 5.74) is 1.79. The first kappa shape index (κ1) is 15.3. The van der Waals surface area contributed by atoms with Gasteiger partial charge in [-0.25, -0.2) is 0 Å². The van der Waals surface area contributed by atoms with Crippen molar-refractivity contribution < 1.29 is 9.66 Å². The topological polar surface area (TPSA) is 64.4 Å². The summed E-state index contributed by atoms with van der Waals surface area (Å²) in [5.74, 6) is 1.26. The molecule has 0 aliphatic rings. The zero-order valence-corrected chi connectivity index (χ0v) is 12.9. The highest BCUT2D eigenvalue weighted by molar-refractivity contribution is 7.13. The minimum absolute atomic E-state index is 0.163. The Morgan fingerprint density at radius 1 is 1.38 bits per heavy atom. The molecule has 0 saturated heterocycles. The first-order valence-electron chi connectivity index (χ1n) is 6.73. The van der Waals surface area contributed by atoms with Crippen molar-refractivity contribution in [3.8, 4) is 5.75 Å². The van der Waals surface area contributed by atoms with E-state index in [-0.39, 0.29) is 9.92 Å². The van der Waals surface area contributed by atoms with E-state index in [1.807, 2.05) is 24.3 Å². The van der Waals surface area contributed by atoms with E-state index in [1.54, 1.807) is 11.4 Å². The van der Waals surface area contributed by atoms with Crippen LogP contribution in [0.1, 0.15) is 19.4 Å². The largest absolute Gasteiger partial charge is 0.491 e. The Labute approximate surface area is 127 Å². The zero-order valence-electron chi connectivity index (χ0n) is 12.0. The molecule has 0 spiro atoms. The molecule has 5 nitrogen and oxygen atoms in total. The maximum absolute atomic E-state index is 10.7. The van der Waals surface area contributed by atoms with Gasteiger partial charge in [-0.1, -0.05) is 37.3 Å². The molecule has 0 aliphatic carbocycles. The van der Waals surface area contributed by atoms with Crippen LogP contribution in [0.25, 0.3) is 0 Å². The Morgan fingerprint density at radius 2 is 2.14 bits per heavy atom. The van der Waals surface area contributed by atoms with Crippen molar-refractivity contribution in [2.75, 3.05) is 11.9 Å². The summed E-state index contributed by atoms with van der Waals surface area (Å²) < 4.78 is 5.76. The number of hydrogen-bond donors (Lipinski definition) is 1. The lowest BCUT2D eigenvalue weighted by atomic mass is 10.2. The fourth-order valence-electron chi connectivity index (χ4n) is 1.74. The molecule has 6 heteroatoms. The molecule has 1 aromatic carbocycles. The Kier molecular flexibility index (Phi) is 5.16. The second-order valence-electron chi connectivity index (χ2n) is 5.10. The van der Waals surface area contributed by atoms with Gasteiger partial charge in [0.25, 0.3) is 0 Å². The van der Waals surface area contributed by atoms with Gasteiger partial charge in [-0.15, -0.1) is 0 Å². The molecule has 2 aromatic rings. The van der Waals surface area contributed by atoms with Gasteiger partial charge in [-0.05, 0) is 23.6 Å². The van der Waals surface area contributed by atoms with Crippen LogP contribution in [0.5, 0.6) is 5.75 Å². The van der Waals surface area contributed by atoms with Crippen LogP contribution in [0.2, 0.25) is 0 Å². The molecule has 0 unspecified atom stereocenters. The van der Waals surface area contributed by atoms with Crippen molar-refractivity contribution in [2.45, 2.75) is 20.4 Å². The van der Waals surface area contributed by atoms with Crippen molar-refractivity contribution in [2.24, 2.45) is 5.92 Å². The molecule has 1 aromatic heterocycles. The summed E-state index contributed by atoms with van der Waals surface area (Å²) in [6.45, 7) is 5.38. The molecule has 0 aliphatic heterocycles. The maximum Gasteiger partial charge on any atom is 0.324 e. The van der Waals surface area contributed by atoms with E-state index in [4.69, 9.17) is 4.74 Å². The number of nitro groups is 1. The van der Waals surface area contributed by atoms with Gasteiger partial charge in [0.15, 0.2) is 0 Å². The zero-order chi connectivity index (χ0) is 15.2. The lowest BCUT2D eigenvalue weighted by Crippen LogP contribution is -2.07. The number of rotatable bonds is 7. The Morgan fingerprint density at radius 3 is 2.81 bits per heavy atom. The Balaban J connectivity index is 2.00. The average molecular weight is 306 g/mol. The van der Waals surface area contributed by atoms with Crippen molar-refractivity contribution in [3.63, 3.8) is 0 Å². The van der Waals surface area contributed by atoms with Crippen molar-refractivity contribution in [3.05, 3.63) is 51.4 Å². The fraction of sp³-hybridized carbons (Fsp3) is 0.333. The number of nitrogens with one attached hydrogen (secondary N) is 1. The van der Waals surface area contributed by atoms with Gasteiger partial charge >= 0.3 is 5.00 Å². The van der Waals surface area contributed by atoms with E-state index in [0.29, 0.717) is 19.1 Å². The molecule has 0 atom stereocenters. The highest BCUT2D eigenvalue weighted by Crippen LogP contribution is 2.27. The highest BCUT2D eigenvalue weighted by Gasteiger charge is 2.10. The van der Waals surface area contributed by atoms with Crippen LogP contribution in [0.15, 0.2) is 35.7 Å². The van der Waals surface area contributed by atoms with Crippen LogP contribution < -0.4 is 10.1 Å². The van der Waals surface area contributed by atoms with Gasteiger partial charge in [-0.3, -0.25) is 10.1 Å². The van der Waals surface area contributed by atoms with Crippen LogP contribution >= 0.6 is 11.3 Å². The third kappa shape index (κ3) is 4.46. The Bertz CT molecular complexity index is 610. The normalized spacial score (nSPS) is 10.6. The molecule has 21 heavy (non-hydrogen) atoms. The molecule has 1 N–H and O–H groups in total. The minimum atomic E-state index is -0.367. The highest BCUT2D eigenvalue weighted by atomic mass is 32.1. The minimum Gasteiger partial charge on any atom is -0.491 e. The summed E-state index contributed by atoms with van der Waals surface area (Å²) in [5, 5.41) is 15.9. The second kappa shape index (κ2) is 7.08. The molecular weight excluding hydrogens is 288 g/mol. The molecule has 0 amide bonds. The molecule has 112 valence electrons. The van der Waals surface area contributed by atoms with Crippen LogP contribution in [-0.4, -0.2) is 11.5 Å². The summed E-state index contributed by atoms with van der Waals surface area (Å²) >= 11 is 1.14. The van der Waals surface area contributed by atoms with E-state index in [1.165, 1.54) is 0 Å². The van der Waals surface area contributed by atoms with E-state index in [0.717, 1.165) is 28.3 Å². The Hall–Kier alpha value is -2.08. The van der Waals surface area contributed by atoms with E-state index in [2.05, 4.69) is 19.2 Å². The molecule has 1 heterocycles. The van der Waals surface area contributed by atoms with Gasteiger partial charge in [0.2, 0.25) is 0 Å². The van der Waals surface area contributed by atoms with Gasteiger partial charge in [0.05, 0.1) is 17.2 Å². The SMILES string of the molecule is CC(C)COc1ccccc1NCc1csc([N+](=O)[O-])c1. The fourth-order valence-corrected chi connectivity index (χ4v) is 2.47. The van der Waals surface area contributed by atoms with Crippen LogP contribution in [0.3, 0.4) is 0 Å². The molecule has 0 fully saturated rings. The number of thiophene rings is 1. The van der Waals surface area contributed by atoms with E-state index < -0.39 is 0 Å². The average Bonchev–Trinajstić information content (AvgIpc) is 2.93. The van der Waals surface area contributed by atoms with Gasteiger partial charge in [-0.2, -0.15) is 0 Å². The van der Waals surface area contributed by atoms with Crippen molar-refractivity contribution in [1.82, 2.24) is 0 Å². The first-order chi connectivity index (χ1) is 10.1. The monoisotopic (exact) mass is 306 g/mol. The predicted octanol–water partition coefficient (Wildman–Crippen LogP) is 4.30. The molecule has 0 radical (unpaired) electrons. The number of benzene rings is 1. The molecular formula is C15H18N2O3S. The van der Waals surface area contributed by atoms with E-state index in [9.17, 15) is 10.1 Å². The third-order valence-corrected chi connectivity index (χ3v) is 3.69. The standard InChI is InChI=1S/C15H18N2O3S/c1-11(2)9-20-14-6-4-3-5-13(14)16-8-12-7-15(17(18)19)21-10-12/h3-7,10-11,16H,8-9H2,1-2H3. The van der Waals surface area contributed by atoms with E-state index >= 15 is 0 Å². The lowest BCUT2D eigenvalue weighted by molar-refractivity contribution is -0.380. The number of anilines is 1. The summed E-state index contributed by atoms with van der Waals surface area (Å²) in [6, 6.07) is 9.31. The van der Waals surface area contributed by atoms with Gasteiger partial charge in [0.1, 0.15) is 5.75 Å². The third-order valence-electron chi connectivity index (χ3n) is 2.76. The number of para-hydroxylation sites is 2. The summed E-state index contributed by atoms with van der Waals surface area (Å²) in [6.07, 6.45) is 0. The van der Waals surface area contributed by atoms with Crippen LogP contribution in [0, 0.1) is 16.0 Å². The maximum atomic E-state index is 10.7. The molecule has 0 bridgehead atoms. The van der Waals surface area contributed by atoms with Crippen LogP contribution in [0.4, 0.5) is 10.7 Å². The van der Waals surface area contributed by atoms with Crippen molar-refractivity contribution >= 4 is 22.0 Å². The summed E-state index contributed by atoms with van der Waals surface area (Å²) in [7, 11) is 0. The quantitative estimate of drug-likeness (QED) is 0.611. The molecule has 2 rings (SSSR count). The summed E-state index contributed by atoms with van der Waals surface area (Å²) in [4.78, 5) is 10.3. The van der Waals surface area contributed by atoms with Crippen molar-refractivity contribution in [1.29, 1.82) is 0 Å². The number of ether oxygens (including phenoxy) is 1. The lowest BCUT2D eigenvalue weighted by Gasteiger charge is -2.14. The number of hydrogen-bond acceptors (Lipinski definition) is 5. The smallest absolute Gasteiger partial charge is 0.324 e. The van der Waals surface area contributed by atoms with Gasteiger partial charge < -0.3 is 10.1 Å².